The minimum atomic E-state index is -0.499. The average Bonchev–Trinajstić information content (AvgIpc) is 3.08. The van der Waals surface area contributed by atoms with Crippen molar-refractivity contribution in [1.29, 1.82) is 0 Å². The van der Waals surface area contributed by atoms with Crippen LogP contribution in [0.5, 0.6) is 5.75 Å². The van der Waals surface area contributed by atoms with Gasteiger partial charge < -0.3 is 14.4 Å². The third kappa shape index (κ3) is 5.50. The summed E-state index contributed by atoms with van der Waals surface area (Å²) in [7, 11) is 0. The maximum Gasteiger partial charge on any atom is 0.343 e. The predicted molar refractivity (Wildman–Crippen MR) is 123 cm³/mol. The number of morpholine rings is 1. The molecule has 2 aromatic rings. The van der Waals surface area contributed by atoms with Gasteiger partial charge in [0.1, 0.15) is 12.3 Å². The normalized spacial score (nSPS) is 17.5. The summed E-state index contributed by atoms with van der Waals surface area (Å²) < 4.78 is 10.6. The summed E-state index contributed by atoms with van der Waals surface area (Å²) in [6.07, 6.45) is 1.58. The van der Waals surface area contributed by atoms with Gasteiger partial charge in [-0.2, -0.15) is 0 Å². The van der Waals surface area contributed by atoms with Crippen LogP contribution >= 0.6 is 11.8 Å². The van der Waals surface area contributed by atoms with Gasteiger partial charge in [0.05, 0.1) is 23.7 Å². The second kappa shape index (κ2) is 10.0. The van der Waals surface area contributed by atoms with Crippen LogP contribution in [0.1, 0.15) is 21.5 Å². The van der Waals surface area contributed by atoms with Gasteiger partial charge >= 0.3 is 5.97 Å². The first-order valence-corrected chi connectivity index (χ1v) is 11.2. The largest absolute Gasteiger partial charge is 0.423 e. The number of esters is 1. The van der Waals surface area contributed by atoms with E-state index in [1.807, 2.05) is 19.1 Å². The molecule has 0 N–H and O–H groups in total. The van der Waals surface area contributed by atoms with E-state index in [9.17, 15) is 19.2 Å². The first-order valence-electron chi connectivity index (χ1n) is 10.4. The molecule has 0 aliphatic carbocycles. The zero-order valence-electron chi connectivity index (χ0n) is 18.0. The van der Waals surface area contributed by atoms with Gasteiger partial charge in [0, 0.05) is 13.1 Å². The van der Waals surface area contributed by atoms with Crippen molar-refractivity contribution in [3.8, 4) is 5.75 Å². The molecular weight excluding hydrogens is 444 g/mol. The first kappa shape index (κ1) is 22.8. The van der Waals surface area contributed by atoms with E-state index in [1.54, 1.807) is 47.4 Å². The van der Waals surface area contributed by atoms with Crippen LogP contribution in [0.2, 0.25) is 0 Å². The molecule has 0 aromatic heterocycles. The van der Waals surface area contributed by atoms with E-state index in [0.717, 1.165) is 22.2 Å². The number of carbonyl (C=O) groups is 4. The highest BCUT2D eigenvalue weighted by molar-refractivity contribution is 8.18. The van der Waals surface area contributed by atoms with Crippen LogP contribution in [0.4, 0.5) is 4.79 Å². The molecule has 2 heterocycles. The van der Waals surface area contributed by atoms with Gasteiger partial charge in [-0.05, 0) is 54.6 Å². The van der Waals surface area contributed by atoms with Crippen LogP contribution in [0.3, 0.4) is 0 Å². The van der Waals surface area contributed by atoms with Gasteiger partial charge in [-0.25, -0.2) is 4.79 Å². The van der Waals surface area contributed by atoms with Crippen molar-refractivity contribution in [3.63, 3.8) is 0 Å². The summed E-state index contributed by atoms with van der Waals surface area (Å²) in [5.41, 5.74) is 2.16. The van der Waals surface area contributed by atoms with Crippen molar-refractivity contribution in [2.24, 2.45) is 0 Å². The highest BCUT2D eigenvalue weighted by atomic mass is 32.2. The van der Waals surface area contributed by atoms with E-state index in [4.69, 9.17) is 9.47 Å². The number of thioether (sulfide) groups is 1. The number of rotatable bonds is 5. The zero-order valence-corrected chi connectivity index (χ0v) is 18.8. The van der Waals surface area contributed by atoms with Crippen molar-refractivity contribution in [1.82, 2.24) is 9.80 Å². The van der Waals surface area contributed by atoms with Crippen LogP contribution in [-0.4, -0.2) is 65.7 Å². The van der Waals surface area contributed by atoms with E-state index >= 15 is 0 Å². The second-order valence-corrected chi connectivity index (χ2v) is 8.58. The molecule has 0 atom stereocenters. The molecule has 4 rings (SSSR count). The Morgan fingerprint density at radius 1 is 1.03 bits per heavy atom. The monoisotopic (exact) mass is 466 g/mol. The summed E-state index contributed by atoms with van der Waals surface area (Å²) in [6, 6.07) is 13.7. The highest BCUT2D eigenvalue weighted by Crippen LogP contribution is 2.32. The summed E-state index contributed by atoms with van der Waals surface area (Å²) >= 11 is 0.796. The Morgan fingerprint density at radius 3 is 2.36 bits per heavy atom. The number of hydrogen-bond acceptors (Lipinski definition) is 7. The van der Waals surface area contributed by atoms with Gasteiger partial charge in [0.2, 0.25) is 5.91 Å². The number of nitrogens with zero attached hydrogens (tertiary/aromatic N) is 2. The number of ether oxygens (including phenoxy) is 2. The van der Waals surface area contributed by atoms with E-state index in [0.29, 0.717) is 43.2 Å². The minimum absolute atomic E-state index is 0.235. The highest BCUT2D eigenvalue weighted by Gasteiger charge is 2.37. The van der Waals surface area contributed by atoms with Crippen molar-refractivity contribution in [3.05, 3.63) is 70.1 Å². The lowest BCUT2D eigenvalue weighted by Crippen LogP contribution is -2.46. The number of amides is 3. The van der Waals surface area contributed by atoms with Crippen LogP contribution < -0.4 is 4.74 Å². The lowest BCUT2D eigenvalue weighted by molar-refractivity contribution is -0.139. The Bertz CT molecular complexity index is 1100. The molecule has 170 valence electrons. The molecule has 8 nitrogen and oxygen atoms in total. The Balaban J connectivity index is 1.38. The summed E-state index contributed by atoms with van der Waals surface area (Å²) in [6.45, 7) is 3.45. The summed E-state index contributed by atoms with van der Waals surface area (Å²) in [5.74, 6) is -0.876. The Morgan fingerprint density at radius 2 is 1.70 bits per heavy atom. The van der Waals surface area contributed by atoms with Crippen LogP contribution in [0, 0.1) is 6.92 Å². The molecule has 0 bridgehead atoms. The van der Waals surface area contributed by atoms with E-state index < -0.39 is 17.1 Å². The van der Waals surface area contributed by atoms with Gasteiger partial charge in [-0.15, -0.1) is 0 Å². The molecule has 33 heavy (non-hydrogen) atoms. The third-order valence-electron chi connectivity index (χ3n) is 5.21. The van der Waals surface area contributed by atoms with Gasteiger partial charge in [-0.1, -0.05) is 29.8 Å². The molecular formula is C24H22N2O6S. The molecule has 3 amide bonds. The Kier molecular flexibility index (Phi) is 6.90. The molecule has 2 fully saturated rings. The lowest BCUT2D eigenvalue weighted by atomic mass is 10.1. The number of imide groups is 1. The lowest BCUT2D eigenvalue weighted by Gasteiger charge is -2.28. The van der Waals surface area contributed by atoms with E-state index in [-0.39, 0.29) is 17.4 Å². The molecule has 2 saturated heterocycles. The fourth-order valence-corrected chi connectivity index (χ4v) is 4.16. The zero-order chi connectivity index (χ0) is 23.4. The molecule has 2 aliphatic heterocycles. The molecule has 0 spiro atoms. The Hall–Kier alpha value is -3.43. The minimum Gasteiger partial charge on any atom is -0.423 e. The molecule has 0 unspecified atom stereocenters. The van der Waals surface area contributed by atoms with Crippen molar-refractivity contribution >= 4 is 40.9 Å². The van der Waals surface area contributed by atoms with Crippen LogP contribution in [-0.2, 0) is 14.3 Å². The second-order valence-electron chi connectivity index (χ2n) is 7.59. The SMILES string of the molecule is Cc1ccc(C(=O)Oc2ccc(/C=C3\SC(=O)N(CC(=O)N4CCOCC4)C3=O)cc2)cc1. The summed E-state index contributed by atoms with van der Waals surface area (Å²) in [4.78, 5) is 52.4. The van der Waals surface area contributed by atoms with E-state index in [2.05, 4.69) is 0 Å². The third-order valence-corrected chi connectivity index (χ3v) is 6.11. The maximum absolute atomic E-state index is 12.7. The molecule has 0 radical (unpaired) electrons. The standard InChI is InChI=1S/C24H22N2O6S/c1-16-2-6-18(7-3-16)23(29)32-19-8-4-17(5-9-19)14-20-22(28)26(24(30)33-20)15-21(27)25-10-12-31-13-11-25/h2-9,14H,10-13,15H2,1H3/b20-14-. The smallest absolute Gasteiger partial charge is 0.343 e. The quantitative estimate of drug-likeness (QED) is 0.380. The van der Waals surface area contributed by atoms with Gasteiger partial charge in [0.25, 0.3) is 11.1 Å². The maximum atomic E-state index is 12.7. The van der Waals surface area contributed by atoms with Crippen molar-refractivity contribution < 1.29 is 28.7 Å². The topological polar surface area (TPSA) is 93.2 Å². The van der Waals surface area contributed by atoms with Crippen molar-refractivity contribution in [2.45, 2.75) is 6.92 Å². The fourth-order valence-electron chi connectivity index (χ4n) is 3.32. The molecule has 0 saturated carbocycles. The number of hydrogen-bond donors (Lipinski definition) is 0. The predicted octanol–water partition coefficient (Wildman–Crippen LogP) is 3.11. The number of aryl methyl sites for hydroxylation is 1. The number of carbonyl (C=O) groups excluding carboxylic acids is 4. The first-order chi connectivity index (χ1) is 15.9. The Labute approximate surface area is 195 Å². The molecule has 2 aromatic carbocycles. The number of benzene rings is 2. The molecule has 9 heteroatoms. The van der Waals surface area contributed by atoms with Gasteiger partial charge in [-0.3, -0.25) is 19.3 Å². The molecule has 2 aliphatic rings. The van der Waals surface area contributed by atoms with Crippen molar-refractivity contribution in [2.75, 3.05) is 32.8 Å². The fraction of sp³-hybridized carbons (Fsp3) is 0.250. The average molecular weight is 467 g/mol. The summed E-state index contributed by atoms with van der Waals surface area (Å²) in [5, 5.41) is -0.475. The van der Waals surface area contributed by atoms with E-state index in [1.165, 1.54) is 0 Å². The van der Waals surface area contributed by atoms with Gasteiger partial charge in [0.15, 0.2) is 0 Å². The van der Waals surface area contributed by atoms with Crippen LogP contribution in [0.15, 0.2) is 53.4 Å². The van der Waals surface area contributed by atoms with Crippen LogP contribution in [0.25, 0.3) is 6.08 Å².